The average molecular weight is 163 g/mol. The number of hydrogen-bond donors (Lipinski definition) is 0. The maximum absolute atomic E-state index is 10.5. The third kappa shape index (κ3) is 4.54. The SMILES string of the molecule is C#CCOP(=O)([O-])OCC. The van der Waals surface area contributed by atoms with Gasteiger partial charge in [0, 0.05) is 0 Å². The van der Waals surface area contributed by atoms with E-state index in [0.29, 0.717) is 0 Å². The second kappa shape index (κ2) is 4.48. The minimum Gasteiger partial charge on any atom is -0.756 e. The second-order valence-corrected chi connectivity index (χ2v) is 2.75. The van der Waals surface area contributed by atoms with Gasteiger partial charge < -0.3 is 13.9 Å². The van der Waals surface area contributed by atoms with Gasteiger partial charge in [0.25, 0.3) is 7.82 Å². The lowest BCUT2D eigenvalue weighted by Crippen LogP contribution is -2.07. The zero-order valence-corrected chi connectivity index (χ0v) is 6.47. The lowest BCUT2D eigenvalue weighted by atomic mass is 10.8. The minimum atomic E-state index is -4.10. The summed E-state index contributed by atoms with van der Waals surface area (Å²) in [5.41, 5.74) is 0. The summed E-state index contributed by atoms with van der Waals surface area (Å²) < 4.78 is 18.9. The van der Waals surface area contributed by atoms with Crippen LogP contribution in [0.2, 0.25) is 0 Å². The van der Waals surface area contributed by atoms with Gasteiger partial charge >= 0.3 is 0 Å². The molecule has 0 amide bonds. The van der Waals surface area contributed by atoms with Gasteiger partial charge in [0.05, 0.1) is 6.61 Å². The highest BCUT2D eigenvalue weighted by molar-refractivity contribution is 7.45. The lowest BCUT2D eigenvalue weighted by molar-refractivity contribution is -0.223. The molecule has 0 aromatic heterocycles. The summed E-state index contributed by atoms with van der Waals surface area (Å²) in [4.78, 5) is 10.5. The number of hydrogen-bond acceptors (Lipinski definition) is 4. The maximum Gasteiger partial charge on any atom is 0.268 e. The number of phosphoric ester groups is 1. The first kappa shape index (κ1) is 9.67. The molecule has 4 nitrogen and oxygen atoms in total. The highest BCUT2D eigenvalue weighted by Crippen LogP contribution is 2.37. The van der Waals surface area contributed by atoms with Crippen molar-refractivity contribution in [3.05, 3.63) is 0 Å². The average Bonchev–Trinajstić information content (AvgIpc) is 1.84. The van der Waals surface area contributed by atoms with Crippen LogP contribution in [0.1, 0.15) is 6.92 Å². The predicted octanol–water partition coefficient (Wildman–Crippen LogP) is 0.141. The van der Waals surface area contributed by atoms with Crippen molar-refractivity contribution in [2.24, 2.45) is 0 Å². The summed E-state index contributed by atoms with van der Waals surface area (Å²) in [6, 6.07) is 0. The van der Waals surface area contributed by atoms with E-state index in [-0.39, 0.29) is 13.2 Å². The summed E-state index contributed by atoms with van der Waals surface area (Å²) in [5, 5.41) is 0. The summed E-state index contributed by atoms with van der Waals surface area (Å²) in [6.45, 7) is 1.33. The number of terminal acetylenes is 1. The molecular formula is C5H8O4P-. The van der Waals surface area contributed by atoms with Crippen molar-refractivity contribution in [1.82, 2.24) is 0 Å². The van der Waals surface area contributed by atoms with Gasteiger partial charge in [-0.25, -0.2) is 0 Å². The minimum absolute atomic E-state index is 0.0609. The van der Waals surface area contributed by atoms with Crippen molar-refractivity contribution in [1.29, 1.82) is 0 Å². The Hall–Kier alpha value is -0.330. The van der Waals surface area contributed by atoms with E-state index < -0.39 is 7.82 Å². The third-order valence-corrected chi connectivity index (χ3v) is 1.61. The van der Waals surface area contributed by atoms with Gasteiger partial charge in [-0.1, -0.05) is 5.92 Å². The van der Waals surface area contributed by atoms with Crippen LogP contribution in [0, 0.1) is 12.3 Å². The van der Waals surface area contributed by atoms with E-state index in [1.165, 1.54) is 0 Å². The van der Waals surface area contributed by atoms with Crippen molar-refractivity contribution in [3.63, 3.8) is 0 Å². The van der Waals surface area contributed by atoms with Gasteiger partial charge in [-0.05, 0) is 6.92 Å². The summed E-state index contributed by atoms with van der Waals surface area (Å²) in [5.74, 6) is 2.01. The molecule has 0 rings (SSSR count). The maximum atomic E-state index is 10.5. The lowest BCUT2D eigenvalue weighted by Gasteiger charge is -2.19. The van der Waals surface area contributed by atoms with Gasteiger partial charge in [-0.2, -0.15) is 0 Å². The Morgan fingerprint density at radius 3 is 2.70 bits per heavy atom. The fourth-order valence-corrected chi connectivity index (χ4v) is 0.935. The molecule has 0 aromatic rings. The summed E-state index contributed by atoms with van der Waals surface area (Å²) in [7, 11) is -4.10. The Balaban J connectivity index is 3.67. The highest BCUT2D eigenvalue weighted by Gasteiger charge is 2.04. The molecule has 0 aliphatic heterocycles. The van der Waals surface area contributed by atoms with Crippen LogP contribution in [0.4, 0.5) is 0 Å². The van der Waals surface area contributed by atoms with Crippen LogP contribution in [-0.2, 0) is 13.6 Å². The van der Waals surface area contributed by atoms with Crippen LogP contribution in [-0.4, -0.2) is 13.2 Å². The molecule has 58 valence electrons. The molecule has 0 N–H and O–H groups in total. The first-order chi connectivity index (χ1) is 4.62. The van der Waals surface area contributed by atoms with Crippen molar-refractivity contribution in [2.45, 2.75) is 6.92 Å². The molecule has 0 bridgehead atoms. The molecule has 1 atom stereocenters. The second-order valence-electron chi connectivity index (χ2n) is 1.34. The summed E-state index contributed by atoms with van der Waals surface area (Å²) in [6.07, 6.45) is 4.74. The van der Waals surface area contributed by atoms with Crippen LogP contribution in [0.5, 0.6) is 0 Å². The highest BCUT2D eigenvalue weighted by atomic mass is 31.2. The molecule has 0 heterocycles. The number of rotatable bonds is 4. The number of phosphoric acid groups is 1. The van der Waals surface area contributed by atoms with Crippen LogP contribution >= 0.6 is 7.82 Å². The third-order valence-electron chi connectivity index (χ3n) is 0.593. The zero-order chi connectivity index (χ0) is 8.04. The summed E-state index contributed by atoms with van der Waals surface area (Å²) >= 11 is 0. The van der Waals surface area contributed by atoms with E-state index in [2.05, 4.69) is 9.05 Å². The van der Waals surface area contributed by atoms with Gasteiger partial charge in [0.15, 0.2) is 0 Å². The molecule has 10 heavy (non-hydrogen) atoms. The fraction of sp³-hybridized carbons (Fsp3) is 0.600. The fourth-order valence-electron chi connectivity index (χ4n) is 0.312. The molecular weight excluding hydrogens is 155 g/mol. The normalized spacial score (nSPS) is 15.7. The molecule has 0 radical (unpaired) electrons. The standard InChI is InChI=1S/C5H9O4P/c1-3-5-9-10(6,7)8-4-2/h1H,4-5H2,2H3,(H,6,7)/p-1. The molecule has 0 aliphatic rings. The molecule has 0 fully saturated rings. The Morgan fingerprint density at radius 1 is 1.70 bits per heavy atom. The van der Waals surface area contributed by atoms with Crippen molar-refractivity contribution in [3.8, 4) is 12.3 Å². The quantitative estimate of drug-likeness (QED) is 0.437. The zero-order valence-electron chi connectivity index (χ0n) is 5.57. The van der Waals surface area contributed by atoms with E-state index >= 15 is 0 Å². The van der Waals surface area contributed by atoms with Gasteiger partial charge in [0.2, 0.25) is 0 Å². The van der Waals surface area contributed by atoms with Crippen molar-refractivity contribution in [2.75, 3.05) is 13.2 Å². The van der Waals surface area contributed by atoms with E-state index in [0.717, 1.165) is 0 Å². The predicted molar refractivity (Wildman–Crippen MR) is 34.0 cm³/mol. The van der Waals surface area contributed by atoms with E-state index in [4.69, 9.17) is 6.42 Å². The molecule has 0 saturated carbocycles. The van der Waals surface area contributed by atoms with Gasteiger partial charge in [-0.3, -0.25) is 4.57 Å². The Labute approximate surface area is 59.8 Å². The van der Waals surface area contributed by atoms with Crippen LogP contribution < -0.4 is 4.89 Å². The molecule has 0 saturated heterocycles. The van der Waals surface area contributed by atoms with Crippen molar-refractivity contribution < 1.29 is 18.5 Å². The smallest absolute Gasteiger partial charge is 0.268 e. The van der Waals surface area contributed by atoms with E-state index in [9.17, 15) is 9.46 Å². The topological polar surface area (TPSA) is 58.6 Å². The molecule has 0 aliphatic carbocycles. The first-order valence-electron chi connectivity index (χ1n) is 2.66. The molecule has 0 spiro atoms. The Bertz CT molecular complexity index is 171. The first-order valence-corrected chi connectivity index (χ1v) is 4.12. The monoisotopic (exact) mass is 163 g/mol. The van der Waals surface area contributed by atoms with Crippen molar-refractivity contribution >= 4 is 7.82 Å². The molecule has 5 heteroatoms. The van der Waals surface area contributed by atoms with Gasteiger partial charge in [0.1, 0.15) is 6.61 Å². The van der Waals surface area contributed by atoms with Crippen LogP contribution in [0.15, 0.2) is 0 Å². The van der Waals surface area contributed by atoms with E-state index in [1.807, 2.05) is 5.92 Å². The molecule has 0 aromatic carbocycles. The van der Waals surface area contributed by atoms with Crippen LogP contribution in [0.3, 0.4) is 0 Å². The molecule has 1 unspecified atom stereocenters. The van der Waals surface area contributed by atoms with E-state index in [1.54, 1.807) is 6.92 Å². The Morgan fingerprint density at radius 2 is 2.30 bits per heavy atom. The van der Waals surface area contributed by atoms with Gasteiger partial charge in [-0.15, -0.1) is 6.42 Å². The largest absolute Gasteiger partial charge is 0.756 e. The van der Waals surface area contributed by atoms with Crippen LogP contribution in [0.25, 0.3) is 0 Å². The Kier molecular flexibility index (Phi) is 4.33.